The molecule has 0 saturated carbocycles. The molecule has 0 bridgehead atoms. The first kappa shape index (κ1) is 18.6. The van der Waals surface area contributed by atoms with Gasteiger partial charge in [-0.25, -0.2) is 4.98 Å². The SMILES string of the molecule is O=C(c1cncc(Br)c1)c1cccc(N2CCC(N3CCCCC3)CC2)n1. The van der Waals surface area contributed by atoms with Gasteiger partial charge in [0.05, 0.1) is 0 Å². The van der Waals surface area contributed by atoms with Crippen LogP contribution in [0, 0.1) is 0 Å². The minimum Gasteiger partial charge on any atom is -0.356 e. The molecule has 2 aromatic heterocycles. The predicted molar refractivity (Wildman–Crippen MR) is 110 cm³/mol. The van der Waals surface area contributed by atoms with E-state index in [1.165, 1.54) is 45.2 Å². The summed E-state index contributed by atoms with van der Waals surface area (Å²) in [7, 11) is 0. The van der Waals surface area contributed by atoms with Gasteiger partial charge in [-0.15, -0.1) is 0 Å². The van der Waals surface area contributed by atoms with Crippen molar-refractivity contribution in [2.24, 2.45) is 0 Å². The smallest absolute Gasteiger partial charge is 0.213 e. The zero-order valence-corrected chi connectivity index (χ0v) is 17.1. The number of halogens is 1. The molecule has 0 unspecified atom stereocenters. The fourth-order valence-electron chi connectivity index (χ4n) is 4.15. The topological polar surface area (TPSA) is 49.3 Å². The van der Waals surface area contributed by atoms with Crippen LogP contribution in [-0.4, -0.2) is 52.9 Å². The second-order valence-electron chi connectivity index (χ2n) is 7.42. The molecule has 0 aromatic carbocycles. The van der Waals surface area contributed by atoms with Crippen molar-refractivity contribution in [1.82, 2.24) is 14.9 Å². The second kappa shape index (κ2) is 8.48. The Balaban J connectivity index is 1.43. The molecule has 4 heterocycles. The molecule has 0 atom stereocenters. The Labute approximate surface area is 168 Å². The Morgan fingerprint density at radius 3 is 2.56 bits per heavy atom. The van der Waals surface area contributed by atoms with Crippen molar-refractivity contribution in [3.63, 3.8) is 0 Å². The quantitative estimate of drug-likeness (QED) is 0.690. The van der Waals surface area contributed by atoms with Crippen LogP contribution in [0.3, 0.4) is 0 Å². The predicted octanol–water partition coefficient (Wildman–Crippen LogP) is 3.92. The molecule has 0 amide bonds. The molecule has 2 aliphatic rings. The van der Waals surface area contributed by atoms with Gasteiger partial charge < -0.3 is 9.80 Å². The monoisotopic (exact) mass is 428 g/mol. The van der Waals surface area contributed by atoms with E-state index in [0.29, 0.717) is 17.3 Å². The van der Waals surface area contributed by atoms with E-state index in [1.54, 1.807) is 24.5 Å². The highest BCUT2D eigenvalue weighted by atomic mass is 79.9. The van der Waals surface area contributed by atoms with E-state index >= 15 is 0 Å². The molecule has 0 N–H and O–H groups in total. The lowest BCUT2D eigenvalue weighted by Crippen LogP contribution is -2.47. The summed E-state index contributed by atoms with van der Waals surface area (Å²) in [5.41, 5.74) is 1.03. The highest BCUT2D eigenvalue weighted by Crippen LogP contribution is 2.24. The summed E-state index contributed by atoms with van der Waals surface area (Å²) in [6.07, 6.45) is 9.68. The number of carbonyl (C=O) groups excluding carboxylic acids is 1. The Morgan fingerprint density at radius 2 is 1.81 bits per heavy atom. The maximum absolute atomic E-state index is 12.7. The van der Waals surface area contributed by atoms with Crippen molar-refractivity contribution in [3.05, 3.63) is 52.4 Å². The molecule has 2 fully saturated rings. The van der Waals surface area contributed by atoms with Crippen molar-refractivity contribution < 1.29 is 4.79 Å². The highest BCUT2D eigenvalue weighted by Gasteiger charge is 2.26. The number of carbonyl (C=O) groups is 1. The van der Waals surface area contributed by atoms with E-state index in [9.17, 15) is 4.79 Å². The normalized spacial score (nSPS) is 19.2. The van der Waals surface area contributed by atoms with Crippen LogP contribution in [0.15, 0.2) is 41.1 Å². The Bertz CT molecular complexity index is 798. The fraction of sp³-hybridized carbons (Fsp3) is 0.476. The number of rotatable bonds is 4. The van der Waals surface area contributed by atoms with Gasteiger partial charge in [-0.2, -0.15) is 0 Å². The van der Waals surface area contributed by atoms with Gasteiger partial charge in [0.1, 0.15) is 11.5 Å². The summed E-state index contributed by atoms with van der Waals surface area (Å²) in [6, 6.07) is 8.22. The first-order valence-corrected chi connectivity index (χ1v) is 10.6. The van der Waals surface area contributed by atoms with Gasteiger partial charge in [-0.3, -0.25) is 9.78 Å². The summed E-state index contributed by atoms with van der Waals surface area (Å²) in [6.45, 7) is 4.52. The van der Waals surface area contributed by atoms with Gasteiger partial charge in [0.15, 0.2) is 0 Å². The van der Waals surface area contributed by atoms with Crippen molar-refractivity contribution in [3.8, 4) is 0 Å². The van der Waals surface area contributed by atoms with E-state index < -0.39 is 0 Å². The third kappa shape index (κ3) is 4.38. The van der Waals surface area contributed by atoms with Gasteiger partial charge in [-0.05, 0) is 72.9 Å². The lowest BCUT2D eigenvalue weighted by atomic mass is 10.00. The number of anilines is 1. The zero-order valence-electron chi connectivity index (χ0n) is 15.5. The van der Waals surface area contributed by atoms with Crippen LogP contribution in [0.2, 0.25) is 0 Å². The first-order valence-electron chi connectivity index (χ1n) is 9.82. The average Bonchev–Trinajstić information content (AvgIpc) is 2.74. The standard InChI is InChI=1S/C21H25BrN4O/c22-17-13-16(14-23-15-17)21(27)19-5-4-6-20(24-19)26-11-7-18(8-12-26)25-9-2-1-3-10-25/h4-6,13-15,18H,1-3,7-12H2. The number of hydrogen-bond acceptors (Lipinski definition) is 5. The third-order valence-corrected chi connectivity index (χ3v) is 6.06. The van der Waals surface area contributed by atoms with Gasteiger partial charge >= 0.3 is 0 Å². The molecule has 0 spiro atoms. The molecule has 2 saturated heterocycles. The number of nitrogens with zero attached hydrogens (tertiary/aromatic N) is 4. The molecule has 2 aromatic rings. The van der Waals surface area contributed by atoms with Crippen LogP contribution in [0.1, 0.15) is 48.2 Å². The minimum atomic E-state index is -0.0890. The van der Waals surface area contributed by atoms with Crippen LogP contribution < -0.4 is 4.90 Å². The molecule has 0 radical (unpaired) electrons. The number of pyridine rings is 2. The Hall–Kier alpha value is -1.79. The van der Waals surface area contributed by atoms with E-state index in [4.69, 9.17) is 0 Å². The molecule has 2 aliphatic heterocycles. The van der Waals surface area contributed by atoms with E-state index in [0.717, 1.165) is 23.4 Å². The van der Waals surface area contributed by atoms with Crippen molar-refractivity contribution in [2.45, 2.75) is 38.1 Å². The molecular formula is C21H25BrN4O. The van der Waals surface area contributed by atoms with Gasteiger partial charge in [0.2, 0.25) is 5.78 Å². The van der Waals surface area contributed by atoms with Crippen LogP contribution in [0.5, 0.6) is 0 Å². The summed E-state index contributed by atoms with van der Waals surface area (Å²) >= 11 is 3.37. The van der Waals surface area contributed by atoms with Crippen molar-refractivity contribution in [1.29, 1.82) is 0 Å². The zero-order chi connectivity index (χ0) is 18.6. The molecule has 142 valence electrons. The van der Waals surface area contributed by atoms with Gasteiger partial charge in [0.25, 0.3) is 0 Å². The Kier molecular flexibility index (Phi) is 5.83. The van der Waals surface area contributed by atoms with Crippen molar-refractivity contribution >= 4 is 27.5 Å². The number of ketones is 1. The summed E-state index contributed by atoms with van der Waals surface area (Å²) in [4.78, 5) is 26.5. The molecule has 5 nitrogen and oxygen atoms in total. The largest absolute Gasteiger partial charge is 0.356 e. The lowest BCUT2D eigenvalue weighted by molar-refractivity contribution is 0.103. The summed E-state index contributed by atoms with van der Waals surface area (Å²) in [5, 5.41) is 0. The first-order chi connectivity index (χ1) is 13.2. The maximum atomic E-state index is 12.7. The molecule has 27 heavy (non-hydrogen) atoms. The number of hydrogen-bond donors (Lipinski definition) is 0. The minimum absolute atomic E-state index is 0.0890. The lowest BCUT2D eigenvalue weighted by Gasteiger charge is -2.40. The maximum Gasteiger partial charge on any atom is 0.213 e. The molecular weight excluding hydrogens is 404 g/mol. The van der Waals surface area contributed by atoms with Crippen LogP contribution in [-0.2, 0) is 0 Å². The molecule has 4 rings (SSSR count). The molecule has 6 heteroatoms. The van der Waals surface area contributed by atoms with E-state index in [-0.39, 0.29) is 5.78 Å². The van der Waals surface area contributed by atoms with Crippen LogP contribution >= 0.6 is 15.9 Å². The average molecular weight is 429 g/mol. The van der Waals surface area contributed by atoms with Crippen LogP contribution in [0.25, 0.3) is 0 Å². The van der Waals surface area contributed by atoms with Gasteiger partial charge in [0, 0.05) is 41.6 Å². The number of likely N-dealkylation sites (tertiary alicyclic amines) is 1. The number of aromatic nitrogens is 2. The highest BCUT2D eigenvalue weighted by molar-refractivity contribution is 9.10. The number of piperidine rings is 2. The summed E-state index contributed by atoms with van der Waals surface area (Å²) in [5.74, 6) is 0.815. The third-order valence-electron chi connectivity index (χ3n) is 5.63. The van der Waals surface area contributed by atoms with Crippen LogP contribution in [0.4, 0.5) is 5.82 Å². The Morgan fingerprint density at radius 1 is 1.04 bits per heavy atom. The van der Waals surface area contributed by atoms with Gasteiger partial charge in [-0.1, -0.05) is 12.5 Å². The molecule has 0 aliphatic carbocycles. The van der Waals surface area contributed by atoms with E-state index in [1.807, 2.05) is 12.1 Å². The fourth-order valence-corrected chi connectivity index (χ4v) is 4.52. The van der Waals surface area contributed by atoms with Crippen molar-refractivity contribution in [2.75, 3.05) is 31.1 Å². The summed E-state index contributed by atoms with van der Waals surface area (Å²) < 4.78 is 0.796. The second-order valence-corrected chi connectivity index (χ2v) is 8.33. The van der Waals surface area contributed by atoms with E-state index in [2.05, 4.69) is 35.7 Å².